The Morgan fingerprint density at radius 1 is 0.696 bits per heavy atom. The minimum Gasteiger partial charge on any atom is -0.0881 e. The Balaban J connectivity index is 1.85. The fraction of sp³-hybridized carbons (Fsp3) is 0.182. The molecule has 0 nitrogen and oxygen atoms in total. The molecular formula is C22H20B. The van der Waals surface area contributed by atoms with Crippen LogP contribution in [0.25, 0.3) is 22.3 Å². The Kier molecular flexibility index (Phi) is 3.19. The lowest BCUT2D eigenvalue weighted by Crippen LogP contribution is -2.14. The third kappa shape index (κ3) is 2.15. The van der Waals surface area contributed by atoms with Gasteiger partial charge in [0.2, 0.25) is 0 Å². The smallest absolute Gasteiger partial charge is 0.0881 e. The summed E-state index contributed by atoms with van der Waals surface area (Å²) in [6.45, 7) is 6.73. The van der Waals surface area contributed by atoms with Crippen molar-refractivity contribution in [3.63, 3.8) is 0 Å². The van der Waals surface area contributed by atoms with Gasteiger partial charge >= 0.3 is 0 Å². The van der Waals surface area contributed by atoms with Crippen molar-refractivity contribution in [1.29, 1.82) is 0 Å². The number of rotatable bonds is 2. The van der Waals surface area contributed by atoms with E-state index >= 15 is 0 Å². The first-order valence-electron chi connectivity index (χ1n) is 8.25. The average Bonchev–Trinajstić information content (AvgIpc) is 2.83. The summed E-state index contributed by atoms with van der Waals surface area (Å²) in [5.41, 5.74) is 9.55. The number of hydrogen-bond donors (Lipinski definition) is 0. The van der Waals surface area contributed by atoms with E-state index in [2.05, 4.69) is 94.7 Å². The van der Waals surface area contributed by atoms with E-state index in [9.17, 15) is 0 Å². The highest BCUT2D eigenvalue weighted by molar-refractivity contribution is 6.51. The average molecular weight is 295 g/mol. The molecule has 0 unspecified atom stereocenters. The summed E-state index contributed by atoms with van der Waals surface area (Å²) in [6, 6.07) is 24.5. The quantitative estimate of drug-likeness (QED) is 0.581. The number of hydrogen-bond acceptors (Lipinski definition) is 0. The second-order valence-electron chi connectivity index (χ2n) is 6.84. The minimum absolute atomic E-state index is 0.0685. The van der Waals surface area contributed by atoms with Gasteiger partial charge in [-0.25, -0.2) is 0 Å². The molecule has 0 amide bonds. The fourth-order valence-electron chi connectivity index (χ4n) is 3.75. The van der Waals surface area contributed by atoms with Crippen LogP contribution in [0.15, 0.2) is 66.7 Å². The van der Waals surface area contributed by atoms with E-state index in [1.165, 1.54) is 38.8 Å². The summed E-state index contributed by atoms with van der Waals surface area (Å²) < 4.78 is 0. The summed E-state index contributed by atoms with van der Waals surface area (Å²) in [6.07, 6.45) is 0. The van der Waals surface area contributed by atoms with Crippen LogP contribution in [0.3, 0.4) is 0 Å². The van der Waals surface area contributed by atoms with Crippen LogP contribution in [0.4, 0.5) is 0 Å². The number of benzene rings is 3. The molecule has 1 radical (unpaired) electrons. The van der Waals surface area contributed by atoms with Crippen LogP contribution < -0.4 is 5.46 Å². The predicted octanol–water partition coefficient (Wildman–Crippen LogP) is 5.04. The highest BCUT2D eigenvalue weighted by atomic mass is 14.4. The molecule has 1 aliphatic carbocycles. The van der Waals surface area contributed by atoms with Crippen molar-refractivity contribution < 1.29 is 0 Å². The van der Waals surface area contributed by atoms with Crippen LogP contribution in [0.5, 0.6) is 0 Å². The Bertz CT molecular complexity index is 873. The second kappa shape index (κ2) is 5.13. The molecule has 0 saturated carbocycles. The summed E-state index contributed by atoms with van der Waals surface area (Å²) >= 11 is 0. The van der Waals surface area contributed by atoms with E-state index in [1.54, 1.807) is 0 Å². The maximum Gasteiger partial charge on any atom is 0.148 e. The second-order valence-corrected chi connectivity index (χ2v) is 6.84. The van der Waals surface area contributed by atoms with Gasteiger partial charge < -0.3 is 0 Å². The topological polar surface area (TPSA) is 0 Å². The first-order chi connectivity index (χ1) is 11.1. The molecule has 0 bridgehead atoms. The van der Waals surface area contributed by atoms with Gasteiger partial charge in [-0.3, -0.25) is 0 Å². The first kappa shape index (κ1) is 14.3. The molecule has 1 aliphatic rings. The first-order valence-corrected chi connectivity index (χ1v) is 8.25. The molecule has 111 valence electrons. The van der Waals surface area contributed by atoms with Crippen molar-refractivity contribution in [3.8, 4) is 22.3 Å². The Morgan fingerprint density at radius 2 is 1.35 bits per heavy atom. The Labute approximate surface area is 139 Å². The van der Waals surface area contributed by atoms with E-state index in [4.69, 9.17) is 0 Å². The lowest BCUT2D eigenvalue weighted by atomic mass is 9.73. The molecular weight excluding hydrogens is 275 g/mol. The zero-order chi connectivity index (χ0) is 16.0. The Morgan fingerprint density at radius 3 is 2.09 bits per heavy atom. The third-order valence-electron chi connectivity index (χ3n) is 5.16. The molecule has 0 spiro atoms. The maximum absolute atomic E-state index is 2.38. The molecule has 0 aliphatic heterocycles. The van der Waals surface area contributed by atoms with E-state index in [0.29, 0.717) is 0 Å². The van der Waals surface area contributed by atoms with Gasteiger partial charge in [-0.15, -0.1) is 0 Å². The van der Waals surface area contributed by atoms with E-state index in [0.717, 1.165) is 0 Å². The van der Waals surface area contributed by atoms with Gasteiger partial charge in [-0.1, -0.05) is 86.8 Å². The zero-order valence-corrected chi connectivity index (χ0v) is 13.9. The Hall–Kier alpha value is -2.28. The van der Waals surface area contributed by atoms with Gasteiger partial charge in [-0.2, -0.15) is 0 Å². The van der Waals surface area contributed by atoms with Crippen molar-refractivity contribution >= 4 is 12.7 Å². The molecule has 0 fully saturated rings. The maximum atomic E-state index is 2.38. The van der Waals surface area contributed by atoms with Crippen LogP contribution >= 0.6 is 0 Å². The largest absolute Gasteiger partial charge is 0.148 e. The number of fused-ring (bicyclic) bond motifs is 3. The molecule has 0 saturated heterocycles. The van der Waals surface area contributed by atoms with Crippen LogP contribution in [0, 0.1) is 0 Å². The molecule has 1 heteroatoms. The molecule has 23 heavy (non-hydrogen) atoms. The van der Waals surface area contributed by atoms with E-state index < -0.39 is 0 Å². The minimum atomic E-state index is 0.0685. The van der Waals surface area contributed by atoms with E-state index in [-0.39, 0.29) is 5.41 Å². The van der Waals surface area contributed by atoms with E-state index in [1.807, 2.05) is 0 Å². The van der Waals surface area contributed by atoms with Gasteiger partial charge in [0.15, 0.2) is 0 Å². The van der Waals surface area contributed by atoms with Crippen LogP contribution in [0.1, 0.15) is 25.0 Å². The van der Waals surface area contributed by atoms with Gasteiger partial charge in [-0.05, 0) is 39.4 Å². The lowest BCUT2D eigenvalue weighted by molar-refractivity contribution is 0.660. The molecule has 0 heterocycles. The fourth-order valence-corrected chi connectivity index (χ4v) is 3.75. The van der Waals surface area contributed by atoms with Crippen molar-refractivity contribution in [2.75, 3.05) is 0 Å². The van der Waals surface area contributed by atoms with Gasteiger partial charge in [0.25, 0.3) is 0 Å². The SMILES string of the molecule is C[B]c1ccc(-c2ccc3c(c2)C(C)(C)c2ccccc2-3)cc1. The summed E-state index contributed by atoms with van der Waals surface area (Å²) in [5.74, 6) is 0. The molecule has 0 N–H and O–H groups in total. The van der Waals surface area contributed by atoms with Gasteiger partial charge in [0.05, 0.1) is 0 Å². The lowest BCUT2D eigenvalue weighted by Gasteiger charge is -2.22. The summed E-state index contributed by atoms with van der Waals surface area (Å²) in [4.78, 5) is 0. The van der Waals surface area contributed by atoms with Crippen molar-refractivity contribution in [2.24, 2.45) is 0 Å². The highest BCUT2D eigenvalue weighted by Gasteiger charge is 2.35. The highest BCUT2D eigenvalue weighted by Crippen LogP contribution is 2.49. The van der Waals surface area contributed by atoms with Crippen LogP contribution in [-0.4, -0.2) is 7.28 Å². The molecule has 0 aromatic heterocycles. The standard InChI is InChI=1S/C22H20B/c1-22(2)20-7-5-4-6-18(20)19-13-10-16(14-21(19)22)15-8-11-17(23-3)12-9-15/h4-14H,1-3H3. The van der Waals surface area contributed by atoms with Gasteiger partial charge in [0.1, 0.15) is 7.28 Å². The monoisotopic (exact) mass is 295 g/mol. The third-order valence-corrected chi connectivity index (χ3v) is 5.16. The summed E-state index contributed by atoms with van der Waals surface area (Å²) in [7, 11) is 2.13. The summed E-state index contributed by atoms with van der Waals surface area (Å²) in [5, 5.41) is 0. The van der Waals surface area contributed by atoms with Crippen molar-refractivity contribution in [2.45, 2.75) is 26.1 Å². The normalized spacial score (nSPS) is 14.2. The molecule has 0 atom stereocenters. The van der Waals surface area contributed by atoms with Crippen LogP contribution in [0.2, 0.25) is 6.82 Å². The van der Waals surface area contributed by atoms with Crippen molar-refractivity contribution in [1.82, 2.24) is 0 Å². The van der Waals surface area contributed by atoms with Crippen LogP contribution in [-0.2, 0) is 5.41 Å². The van der Waals surface area contributed by atoms with Crippen molar-refractivity contribution in [3.05, 3.63) is 77.9 Å². The molecule has 3 aromatic rings. The molecule has 3 aromatic carbocycles. The molecule has 4 rings (SSSR count). The van der Waals surface area contributed by atoms with Gasteiger partial charge in [0, 0.05) is 5.41 Å². The predicted molar refractivity (Wildman–Crippen MR) is 101 cm³/mol. The zero-order valence-electron chi connectivity index (χ0n) is 13.9.